The summed E-state index contributed by atoms with van der Waals surface area (Å²) in [4.78, 5) is 20.8. The quantitative estimate of drug-likeness (QED) is 0.594. The topological polar surface area (TPSA) is 74.6 Å². The number of carbonyl (C=O) groups is 2. The Morgan fingerprint density at radius 3 is 1.82 bits per heavy atom. The summed E-state index contributed by atoms with van der Waals surface area (Å²) in [5.41, 5.74) is -1.87. The first-order chi connectivity index (χ1) is 4.95. The van der Waals surface area contributed by atoms with E-state index < -0.39 is 17.4 Å². The first-order valence-electron chi connectivity index (χ1n) is 3.27. The van der Waals surface area contributed by atoms with E-state index in [4.69, 9.17) is 10.2 Å². The van der Waals surface area contributed by atoms with Crippen molar-refractivity contribution in [3.05, 3.63) is 6.92 Å². The minimum absolute atomic E-state index is 0.0532. The second kappa shape index (κ2) is 3.37. The van der Waals surface area contributed by atoms with Crippen molar-refractivity contribution in [3.63, 3.8) is 0 Å². The van der Waals surface area contributed by atoms with Crippen molar-refractivity contribution in [2.45, 2.75) is 19.8 Å². The van der Waals surface area contributed by atoms with Crippen LogP contribution in [0.15, 0.2) is 0 Å². The molecule has 0 rings (SSSR count). The molecule has 0 saturated carbocycles. The summed E-state index contributed by atoms with van der Waals surface area (Å²) < 4.78 is 0. The second-order valence-corrected chi connectivity index (χ2v) is 2.44. The van der Waals surface area contributed by atoms with E-state index in [9.17, 15) is 9.59 Å². The maximum absolute atomic E-state index is 10.4. The molecule has 4 nitrogen and oxygen atoms in total. The van der Waals surface area contributed by atoms with Crippen LogP contribution in [0.5, 0.6) is 0 Å². The fourth-order valence-electron chi connectivity index (χ4n) is 0.732. The molecule has 0 heterocycles. The summed E-state index contributed by atoms with van der Waals surface area (Å²) in [6.07, 6.45) is 0.541. The molecule has 0 aromatic heterocycles. The Morgan fingerprint density at radius 1 is 1.36 bits per heavy atom. The summed E-state index contributed by atoms with van der Waals surface area (Å²) in [5.74, 6) is -2.77. The van der Waals surface area contributed by atoms with Gasteiger partial charge in [0, 0.05) is 0 Å². The average Bonchev–Trinajstić information content (AvgIpc) is 1.87. The van der Waals surface area contributed by atoms with Crippen molar-refractivity contribution in [1.82, 2.24) is 0 Å². The van der Waals surface area contributed by atoms with Gasteiger partial charge in [-0.15, -0.1) is 0 Å². The van der Waals surface area contributed by atoms with Crippen LogP contribution in [0.2, 0.25) is 0 Å². The lowest BCUT2D eigenvalue weighted by Gasteiger charge is -2.17. The second-order valence-electron chi connectivity index (χ2n) is 2.44. The van der Waals surface area contributed by atoms with Gasteiger partial charge in [-0.05, 0) is 13.3 Å². The Bertz CT molecular complexity index is 159. The highest BCUT2D eigenvalue weighted by atomic mass is 16.4. The summed E-state index contributed by atoms with van der Waals surface area (Å²) in [6, 6.07) is 0. The number of carboxylic acid groups (broad SMARTS) is 2. The van der Waals surface area contributed by atoms with Crippen molar-refractivity contribution in [2.24, 2.45) is 5.41 Å². The molecule has 0 bridgehead atoms. The van der Waals surface area contributed by atoms with Crippen molar-refractivity contribution in [3.8, 4) is 0 Å². The van der Waals surface area contributed by atoms with Crippen molar-refractivity contribution in [2.75, 3.05) is 0 Å². The predicted octanol–water partition coefficient (Wildman–Crippen LogP) is 0.776. The van der Waals surface area contributed by atoms with Gasteiger partial charge in [-0.2, -0.15) is 0 Å². The maximum Gasteiger partial charge on any atom is 0.321 e. The highest BCUT2D eigenvalue weighted by Crippen LogP contribution is 2.22. The molecule has 0 spiro atoms. The zero-order valence-electron chi connectivity index (χ0n) is 6.33. The van der Waals surface area contributed by atoms with E-state index in [-0.39, 0.29) is 6.42 Å². The van der Waals surface area contributed by atoms with Gasteiger partial charge in [0.1, 0.15) is 0 Å². The smallest absolute Gasteiger partial charge is 0.321 e. The number of carboxylic acids is 2. The Morgan fingerprint density at radius 2 is 1.73 bits per heavy atom. The van der Waals surface area contributed by atoms with Gasteiger partial charge in [-0.25, -0.2) is 0 Å². The molecule has 0 aromatic carbocycles. The maximum atomic E-state index is 10.4. The van der Waals surface area contributed by atoms with Crippen LogP contribution in [-0.2, 0) is 9.59 Å². The highest BCUT2D eigenvalue weighted by molar-refractivity contribution is 5.98. The lowest BCUT2D eigenvalue weighted by Crippen LogP contribution is -2.36. The van der Waals surface area contributed by atoms with Crippen molar-refractivity contribution >= 4 is 11.9 Å². The molecule has 63 valence electrons. The lowest BCUT2D eigenvalue weighted by molar-refractivity contribution is -0.161. The monoisotopic (exact) mass is 159 g/mol. The van der Waals surface area contributed by atoms with Crippen LogP contribution in [0.25, 0.3) is 0 Å². The summed E-state index contributed by atoms with van der Waals surface area (Å²) in [7, 11) is 0. The van der Waals surface area contributed by atoms with E-state index in [0.29, 0.717) is 6.42 Å². The molecular weight excluding hydrogens is 148 g/mol. The van der Waals surface area contributed by atoms with Crippen LogP contribution >= 0.6 is 0 Å². The summed E-state index contributed by atoms with van der Waals surface area (Å²) >= 11 is 0. The van der Waals surface area contributed by atoms with E-state index in [1.807, 2.05) is 0 Å². The van der Waals surface area contributed by atoms with Gasteiger partial charge in [-0.3, -0.25) is 9.59 Å². The average molecular weight is 159 g/mol. The number of aliphatic carboxylic acids is 2. The minimum atomic E-state index is -1.87. The third-order valence-electron chi connectivity index (χ3n) is 1.50. The molecule has 0 aliphatic carbocycles. The standard InChI is InChI=1S/C7H11O4/c1-3-4-7(2,5(8)9)6(10)11/h2-4H2,1H3,(H,8,9)(H,10,11). The van der Waals surface area contributed by atoms with Gasteiger partial charge >= 0.3 is 11.9 Å². The molecule has 0 atom stereocenters. The van der Waals surface area contributed by atoms with Gasteiger partial charge in [0.2, 0.25) is 0 Å². The number of hydrogen-bond donors (Lipinski definition) is 2. The Kier molecular flexibility index (Phi) is 3.04. The third kappa shape index (κ3) is 1.93. The van der Waals surface area contributed by atoms with Gasteiger partial charge in [0.15, 0.2) is 5.41 Å². The first-order valence-corrected chi connectivity index (χ1v) is 3.27. The van der Waals surface area contributed by atoms with Crippen LogP contribution in [0.4, 0.5) is 0 Å². The van der Waals surface area contributed by atoms with Gasteiger partial charge in [0.05, 0.1) is 0 Å². The molecular formula is C7H11O4. The van der Waals surface area contributed by atoms with E-state index >= 15 is 0 Å². The van der Waals surface area contributed by atoms with E-state index in [0.717, 1.165) is 0 Å². The fourth-order valence-corrected chi connectivity index (χ4v) is 0.732. The van der Waals surface area contributed by atoms with E-state index in [1.165, 1.54) is 0 Å². The van der Waals surface area contributed by atoms with Gasteiger partial charge in [0.25, 0.3) is 0 Å². The van der Waals surface area contributed by atoms with Crippen LogP contribution in [-0.4, -0.2) is 22.2 Å². The predicted molar refractivity (Wildman–Crippen MR) is 38.0 cm³/mol. The highest BCUT2D eigenvalue weighted by Gasteiger charge is 2.40. The fraction of sp³-hybridized carbons (Fsp3) is 0.571. The Labute approximate surface area is 64.8 Å². The zero-order valence-corrected chi connectivity index (χ0v) is 6.33. The molecule has 0 fully saturated rings. The Balaban J connectivity index is 4.52. The van der Waals surface area contributed by atoms with Crippen molar-refractivity contribution in [1.29, 1.82) is 0 Å². The number of rotatable bonds is 4. The largest absolute Gasteiger partial charge is 0.480 e. The molecule has 2 N–H and O–H groups in total. The Hall–Kier alpha value is -1.06. The van der Waals surface area contributed by atoms with Gasteiger partial charge in [-0.1, -0.05) is 13.3 Å². The molecule has 0 amide bonds. The molecule has 0 aliphatic rings. The van der Waals surface area contributed by atoms with Crippen LogP contribution < -0.4 is 0 Å². The third-order valence-corrected chi connectivity index (χ3v) is 1.50. The van der Waals surface area contributed by atoms with Gasteiger partial charge < -0.3 is 10.2 Å². The van der Waals surface area contributed by atoms with Crippen LogP contribution in [0.3, 0.4) is 0 Å². The van der Waals surface area contributed by atoms with Crippen molar-refractivity contribution < 1.29 is 19.8 Å². The molecule has 0 saturated heterocycles. The SMILES string of the molecule is [CH2]C(CCC)(C(=O)O)C(=O)O. The molecule has 0 unspecified atom stereocenters. The molecule has 0 aliphatic heterocycles. The zero-order chi connectivity index (χ0) is 9.07. The van der Waals surface area contributed by atoms with Crippen LogP contribution in [0, 0.1) is 12.3 Å². The summed E-state index contributed by atoms with van der Waals surface area (Å²) in [5, 5.41) is 17.0. The van der Waals surface area contributed by atoms with Crippen LogP contribution in [0.1, 0.15) is 19.8 Å². The minimum Gasteiger partial charge on any atom is -0.480 e. The van der Waals surface area contributed by atoms with E-state index in [2.05, 4.69) is 6.92 Å². The molecule has 1 radical (unpaired) electrons. The molecule has 11 heavy (non-hydrogen) atoms. The van der Waals surface area contributed by atoms with E-state index in [1.54, 1.807) is 6.92 Å². The lowest BCUT2D eigenvalue weighted by atomic mass is 9.86. The first kappa shape index (κ1) is 9.94. The summed E-state index contributed by atoms with van der Waals surface area (Å²) in [6.45, 7) is 4.87. The normalized spacial score (nSPS) is 11.1. The molecule has 4 heteroatoms. The molecule has 0 aromatic rings. The number of hydrogen-bond acceptors (Lipinski definition) is 2.